The molecule has 0 radical (unpaired) electrons. The topological polar surface area (TPSA) is 85.2 Å². The molecule has 2 N–H and O–H groups in total. The largest absolute Gasteiger partial charge is 0.497 e. The first-order valence-electron chi connectivity index (χ1n) is 7.04. The highest BCUT2D eigenvalue weighted by Gasteiger charge is 2.15. The molecule has 128 valence electrons. The number of alkyl halides is 2. The number of anilines is 1. The van der Waals surface area contributed by atoms with Crippen LogP contribution < -0.4 is 15.4 Å². The van der Waals surface area contributed by atoms with Crippen LogP contribution in [0, 0.1) is 0 Å². The number of benzene rings is 1. The number of rotatable bonds is 6. The van der Waals surface area contributed by atoms with Gasteiger partial charge in [-0.05, 0) is 24.3 Å². The third-order valence-electron chi connectivity index (χ3n) is 3.15. The zero-order valence-electron chi connectivity index (χ0n) is 12.8. The first-order chi connectivity index (χ1) is 11.5. The molecule has 0 unspecified atom stereocenters. The van der Waals surface area contributed by atoms with Crippen LogP contribution in [0.4, 0.5) is 14.5 Å². The molecule has 2 aromatic rings. The number of methoxy groups -OCH3 is 1. The third kappa shape index (κ3) is 4.51. The number of nitrogens with one attached hydrogen (secondary N) is 2. The minimum absolute atomic E-state index is 0.0125. The third-order valence-corrected chi connectivity index (χ3v) is 3.15. The van der Waals surface area contributed by atoms with E-state index in [1.807, 2.05) is 0 Å². The highest BCUT2D eigenvalue weighted by molar-refractivity contribution is 6.39. The van der Waals surface area contributed by atoms with Crippen molar-refractivity contribution in [2.75, 3.05) is 19.0 Å². The van der Waals surface area contributed by atoms with Gasteiger partial charge in [0.1, 0.15) is 11.6 Å². The summed E-state index contributed by atoms with van der Waals surface area (Å²) in [6.07, 6.45) is 2.48. The Hall–Kier alpha value is -2.97. The minimum atomic E-state index is -2.70. The van der Waals surface area contributed by atoms with Gasteiger partial charge in [-0.3, -0.25) is 14.2 Å². The van der Waals surface area contributed by atoms with Crippen molar-refractivity contribution in [2.24, 2.45) is 0 Å². The van der Waals surface area contributed by atoms with Gasteiger partial charge in [0.2, 0.25) is 0 Å². The monoisotopic (exact) mass is 338 g/mol. The average molecular weight is 338 g/mol. The van der Waals surface area contributed by atoms with Gasteiger partial charge in [-0.1, -0.05) is 0 Å². The molecule has 0 saturated carbocycles. The Morgan fingerprint density at radius 2 is 1.96 bits per heavy atom. The normalized spacial score (nSPS) is 10.5. The second-order valence-corrected chi connectivity index (χ2v) is 4.72. The van der Waals surface area contributed by atoms with E-state index >= 15 is 0 Å². The summed E-state index contributed by atoms with van der Waals surface area (Å²) < 4.78 is 30.9. The summed E-state index contributed by atoms with van der Waals surface area (Å²) in [5.74, 6) is -0.966. The summed E-state index contributed by atoms with van der Waals surface area (Å²) in [6.45, 7) is -2.69. The van der Waals surface area contributed by atoms with Crippen molar-refractivity contribution >= 4 is 17.5 Å². The van der Waals surface area contributed by atoms with Crippen molar-refractivity contribution in [2.45, 2.75) is 13.0 Å². The first-order valence-corrected chi connectivity index (χ1v) is 7.04. The second kappa shape index (κ2) is 8.04. The summed E-state index contributed by atoms with van der Waals surface area (Å²) in [7, 11) is 1.51. The fourth-order valence-corrected chi connectivity index (χ4v) is 1.95. The predicted molar refractivity (Wildman–Crippen MR) is 81.8 cm³/mol. The smallest absolute Gasteiger partial charge is 0.319 e. The van der Waals surface area contributed by atoms with Gasteiger partial charge in [0.05, 0.1) is 7.11 Å². The lowest BCUT2D eigenvalue weighted by atomic mass is 10.3. The van der Waals surface area contributed by atoms with Crippen molar-refractivity contribution < 1.29 is 23.1 Å². The summed E-state index contributed by atoms with van der Waals surface area (Å²) in [4.78, 5) is 27.2. The molecule has 0 spiro atoms. The van der Waals surface area contributed by atoms with E-state index in [0.29, 0.717) is 16.0 Å². The number of hydrogen-bond donors (Lipinski definition) is 2. The van der Waals surface area contributed by atoms with Gasteiger partial charge >= 0.3 is 18.4 Å². The maximum atomic E-state index is 12.6. The lowest BCUT2D eigenvalue weighted by molar-refractivity contribution is -0.136. The molecule has 0 atom stereocenters. The lowest BCUT2D eigenvalue weighted by Crippen LogP contribution is -2.36. The van der Waals surface area contributed by atoms with Crippen LogP contribution >= 0.6 is 0 Å². The molecule has 1 aromatic heterocycles. The number of ether oxygens (including phenoxy) is 1. The summed E-state index contributed by atoms with van der Waals surface area (Å²) in [5, 5.41) is 4.77. The number of aromatic nitrogens is 2. The summed E-state index contributed by atoms with van der Waals surface area (Å²) in [5.41, 5.74) is 0.434. The predicted octanol–water partition coefficient (Wildman–Crippen LogP) is 1.58. The van der Waals surface area contributed by atoms with E-state index in [1.165, 1.54) is 13.3 Å². The van der Waals surface area contributed by atoms with Gasteiger partial charge in [0.15, 0.2) is 0 Å². The molecule has 1 heterocycles. The van der Waals surface area contributed by atoms with Crippen LogP contribution in [-0.4, -0.2) is 35.0 Å². The Labute approximate surface area is 136 Å². The number of nitrogens with zero attached hydrogens (tertiary/aromatic N) is 2. The molecule has 7 nitrogen and oxygen atoms in total. The van der Waals surface area contributed by atoms with E-state index < -0.39 is 18.4 Å². The van der Waals surface area contributed by atoms with Crippen molar-refractivity contribution in [3.05, 3.63) is 42.5 Å². The molecule has 0 aliphatic rings. The Balaban J connectivity index is 1.81. The molecule has 0 bridgehead atoms. The number of carbonyl (C=O) groups excluding carboxylic acids is 2. The molecule has 9 heteroatoms. The van der Waals surface area contributed by atoms with Crippen LogP contribution in [0.5, 0.6) is 5.75 Å². The molecule has 0 aliphatic carbocycles. The van der Waals surface area contributed by atoms with Crippen molar-refractivity contribution in [3.8, 4) is 5.75 Å². The number of amides is 2. The highest BCUT2D eigenvalue weighted by Crippen LogP contribution is 2.15. The number of carbonyl (C=O) groups is 2. The fourth-order valence-electron chi connectivity index (χ4n) is 1.95. The lowest BCUT2D eigenvalue weighted by Gasteiger charge is -2.08. The maximum absolute atomic E-state index is 12.6. The van der Waals surface area contributed by atoms with Crippen molar-refractivity contribution in [1.82, 2.24) is 14.9 Å². The molecule has 2 rings (SSSR count). The molecule has 0 saturated heterocycles. The second-order valence-electron chi connectivity index (χ2n) is 4.72. The number of hydrogen-bond acceptors (Lipinski definition) is 4. The molecule has 1 aromatic carbocycles. The molecular formula is C15H16F2N4O3. The van der Waals surface area contributed by atoms with Crippen LogP contribution in [0.1, 0.15) is 12.4 Å². The van der Waals surface area contributed by atoms with Gasteiger partial charge in [-0.15, -0.1) is 0 Å². The quantitative estimate of drug-likeness (QED) is 0.783. The van der Waals surface area contributed by atoms with E-state index in [4.69, 9.17) is 4.74 Å². The summed E-state index contributed by atoms with van der Waals surface area (Å²) in [6, 6.07) is 6.45. The van der Waals surface area contributed by atoms with Crippen LogP contribution in [0.2, 0.25) is 0 Å². The molecular weight excluding hydrogens is 322 g/mol. The van der Waals surface area contributed by atoms with Gasteiger partial charge in [0.25, 0.3) is 0 Å². The van der Waals surface area contributed by atoms with Crippen LogP contribution in [-0.2, 0) is 16.0 Å². The van der Waals surface area contributed by atoms with Crippen molar-refractivity contribution in [3.63, 3.8) is 0 Å². The van der Waals surface area contributed by atoms with E-state index in [1.54, 1.807) is 24.3 Å². The van der Waals surface area contributed by atoms with Crippen LogP contribution in [0.15, 0.2) is 36.7 Å². The van der Waals surface area contributed by atoms with Crippen LogP contribution in [0.3, 0.4) is 0 Å². The van der Waals surface area contributed by atoms with E-state index in [0.717, 1.165) is 6.20 Å². The zero-order valence-corrected chi connectivity index (χ0v) is 12.8. The molecule has 0 aliphatic heterocycles. The van der Waals surface area contributed by atoms with E-state index in [9.17, 15) is 18.4 Å². The van der Waals surface area contributed by atoms with Gasteiger partial charge < -0.3 is 15.4 Å². The Morgan fingerprint density at radius 3 is 2.58 bits per heavy atom. The first kappa shape index (κ1) is 17.4. The summed E-state index contributed by atoms with van der Waals surface area (Å²) >= 11 is 0. The number of halogens is 2. The SMILES string of the molecule is COc1ccc(NC(=O)C(=O)NCCc2nccn2C(F)F)cc1. The molecule has 24 heavy (non-hydrogen) atoms. The Morgan fingerprint density at radius 1 is 1.25 bits per heavy atom. The standard InChI is InChI=1S/C15H16F2N4O3/c1-24-11-4-2-10(3-5-11)20-14(23)13(22)19-7-6-12-18-8-9-21(12)15(16)17/h2-5,8-9,15H,6-7H2,1H3,(H,19,22)(H,20,23). The molecule has 0 fully saturated rings. The average Bonchev–Trinajstić information content (AvgIpc) is 3.04. The van der Waals surface area contributed by atoms with E-state index in [2.05, 4.69) is 15.6 Å². The Kier molecular flexibility index (Phi) is 5.83. The van der Waals surface area contributed by atoms with Crippen LogP contribution in [0.25, 0.3) is 0 Å². The van der Waals surface area contributed by atoms with Gasteiger partial charge in [-0.25, -0.2) is 4.98 Å². The number of imidazole rings is 1. The fraction of sp³-hybridized carbons (Fsp3) is 0.267. The van der Waals surface area contributed by atoms with Gasteiger partial charge in [-0.2, -0.15) is 8.78 Å². The van der Waals surface area contributed by atoms with Crippen molar-refractivity contribution in [1.29, 1.82) is 0 Å². The van der Waals surface area contributed by atoms with E-state index in [-0.39, 0.29) is 18.8 Å². The van der Waals surface area contributed by atoms with Gasteiger partial charge in [0, 0.05) is 31.0 Å². The Bertz CT molecular complexity index is 701. The zero-order chi connectivity index (χ0) is 17.5. The minimum Gasteiger partial charge on any atom is -0.497 e. The molecule has 2 amide bonds. The maximum Gasteiger partial charge on any atom is 0.319 e. The highest BCUT2D eigenvalue weighted by atomic mass is 19.3.